The highest BCUT2D eigenvalue weighted by molar-refractivity contribution is 5.95. The fourth-order valence-corrected chi connectivity index (χ4v) is 3.19. The molecule has 3 rings (SSSR count). The van der Waals surface area contributed by atoms with Gasteiger partial charge in [0.2, 0.25) is 0 Å². The second-order valence-corrected chi connectivity index (χ2v) is 6.58. The predicted octanol–water partition coefficient (Wildman–Crippen LogP) is 4.73. The van der Waals surface area contributed by atoms with Crippen LogP contribution < -0.4 is 9.47 Å². The molecule has 0 aliphatic carbocycles. The van der Waals surface area contributed by atoms with E-state index in [1.165, 1.54) is 16.3 Å². The van der Waals surface area contributed by atoms with E-state index in [0.29, 0.717) is 30.2 Å². The number of carbonyl (C=O) groups excluding carboxylic acids is 1. The number of hydrogen-bond acceptors (Lipinski definition) is 3. The smallest absolute Gasteiger partial charge is 0.253 e. The third-order valence-corrected chi connectivity index (χ3v) is 4.71. The summed E-state index contributed by atoms with van der Waals surface area (Å²) in [6.07, 6.45) is 2.46. The Morgan fingerprint density at radius 2 is 1.86 bits per heavy atom. The molecule has 0 unspecified atom stereocenters. The lowest BCUT2D eigenvalue weighted by molar-refractivity contribution is 0.0796. The van der Waals surface area contributed by atoms with E-state index in [-0.39, 0.29) is 5.91 Å². The molecule has 0 atom stereocenters. The highest BCUT2D eigenvalue weighted by atomic mass is 16.5. The molecule has 0 heterocycles. The second kappa shape index (κ2) is 9.09. The van der Waals surface area contributed by atoms with Crippen molar-refractivity contribution in [2.75, 3.05) is 27.3 Å². The summed E-state index contributed by atoms with van der Waals surface area (Å²) in [5.74, 6) is 1.08. The minimum Gasteiger partial charge on any atom is -0.493 e. The Balaban J connectivity index is 1.71. The zero-order valence-electron chi connectivity index (χ0n) is 16.4. The van der Waals surface area contributed by atoms with Crippen LogP contribution in [0.4, 0.5) is 0 Å². The van der Waals surface area contributed by atoms with Crippen LogP contribution in [0.15, 0.2) is 73.3 Å². The maximum Gasteiger partial charge on any atom is 0.253 e. The summed E-state index contributed by atoms with van der Waals surface area (Å²) in [6, 6.07) is 19.8. The van der Waals surface area contributed by atoms with Crippen LogP contribution in [0.1, 0.15) is 15.9 Å². The van der Waals surface area contributed by atoms with Crippen LogP contribution in [0, 0.1) is 0 Å². The number of ether oxygens (including phenoxy) is 2. The van der Waals surface area contributed by atoms with Crippen molar-refractivity contribution in [2.45, 2.75) is 6.42 Å². The first-order valence-electron chi connectivity index (χ1n) is 9.28. The van der Waals surface area contributed by atoms with E-state index in [2.05, 4.69) is 36.9 Å². The molecule has 28 heavy (non-hydrogen) atoms. The number of fused-ring (bicyclic) bond motifs is 1. The van der Waals surface area contributed by atoms with Gasteiger partial charge in [-0.2, -0.15) is 0 Å². The molecular weight excluding hydrogens is 350 g/mol. The molecule has 4 heteroatoms. The van der Waals surface area contributed by atoms with Crippen LogP contribution in [-0.4, -0.2) is 38.1 Å². The van der Waals surface area contributed by atoms with Crippen molar-refractivity contribution in [1.82, 2.24) is 4.90 Å². The molecule has 0 saturated carbocycles. The van der Waals surface area contributed by atoms with E-state index in [1.807, 2.05) is 19.2 Å². The lowest BCUT2D eigenvalue weighted by Crippen LogP contribution is -2.28. The zero-order valence-corrected chi connectivity index (χ0v) is 16.4. The molecule has 1 amide bonds. The highest BCUT2D eigenvalue weighted by Gasteiger charge is 2.15. The summed E-state index contributed by atoms with van der Waals surface area (Å²) in [4.78, 5) is 14.6. The Labute approximate surface area is 166 Å². The summed E-state index contributed by atoms with van der Waals surface area (Å²) >= 11 is 0. The van der Waals surface area contributed by atoms with Gasteiger partial charge in [-0.05, 0) is 41.0 Å². The van der Waals surface area contributed by atoms with E-state index >= 15 is 0 Å². The van der Waals surface area contributed by atoms with Gasteiger partial charge >= 0.3 is 0 Å². The summed E-state index contributed by atoms with van der Waals surface area (Å²) in [5.41, 5.74) is 1.81. The van der Waals surface area contributed by atoms with E-state index < -0.39 is 0 Å². The molecule has 0 spiro atoms. The lowest BCUT2D eigenvalue weighted by atomic mass is 10.0. The molecular formula is C24H25NO3. The zero-order chi connectivity index (χ0) is 19.9. The third-order valence-electron chi connectivity index (χ3n) is 4.71. The van der Waals surface area contributed by atoms with E-state index in [1.54, 1.807) is 36.3 Å². The van der Waals surface area contributed by atoms with Crippen molar-refractivity contribution in [3.63, 3.8) is 0 Å². The van der Waals surface area contributed by atoms with Crippen molar-refractivity contribution >= 4 is 16.7 Å². The Bertz CT molecular complexity index is 975. The standard InChI is InChI=1S/C24H25NO3/c1-4-16-28-22-13-12-20(17-23(22)27-3)24(26)25(2)15-14-19-10-7-9-18-8-5-6-11-21(18)19/h4-13,17H,1,14-16H2,2-3H3. The predicted molar refractivity (Wildman–Crippen MR) is 113 cm³/mol. The number of amides is 1. The van der Waals surface area contributed by atoms with Crippen LogP contribution in [-0.2, 0) is 6.42 Å². The quantitative estimate of drug-likeness (QED) is 0.535. The Hall–Kier alpha value is -3.27. The Morgan fingerprint density at radius 1 is 1.07 bits per heavy atom. The van der Waals surface area contributed by atoms with Crippen LogP contribution in [0.25, 0.3) is 10.8 Å². The fraction of sp³-hybridized carbons (Fsp3) is 0.208. The first kappa shape index (κ1) is 19.5. The average molecular weight is 375 g/mol. The fourth-order valence-electron chi connectivity index (χ4n) is 3.19. The van der Waals surface area contributed by atoms with Gasteiger partial charge in [0.1, 0.15) is 6.61 Å². The molecule has 0 aromatic heterocycles. The minimum atomic E-state index is -0.0474. The molecule has 0 N–H and O–H groups in total. The largest absolute Gasteiger partial charge is 0.493 e. The summed E-state index contributed by atoms with van der Waals surface area (Å²) in [5, 5.41) is 2.45. The van der Waals surface area contributed by atoms with Gasteiger partial charge in [0.15, 0.2) is 11.5 Å². The van der Waals surface area contributed by atoms with Crippen molar-refractivity contribution in [3.05, 3.63) is 84.4 Å². The molecule has 0 aliphatic rings. The summed E-state index contributed by atoms with van der Waals surface area (Å²) in [7, 11) is 3.39. The lowest BCUT2D eigenvalue weighted by Gasteiger charge is -2.19. The van der Waals surface area contributed by atoms with Crippen LogP contribution in [0.3, 0.4) is 0 Å². The van der Waals surface area contributed by atoms with Gasteiger partial charge in [-0.3, -0.25) is 4.79 Å². The van der Waals surface area contributed by atoms with Gasteiger partial charge < -0.3 is 14.4 Å². The van der Waals surface area contributed by atoms with E-state index in [4.69, 9.17) is 9.47 Å². The molecule has 3 aromatic rings. The summed E-state index contributed by atoms with van der Waals surface area (Å²) < 4.78 is 10.9. The van der Waals surface area contributed by atoms with Gasteiger partial charge in [0, 0.05) is 19.2 Å². The minimum absolute atomic E-state index is 0.0474. The molecule has 0 bridgehead atoms. The number of nitrogens with zero attached hydrogens (tertiary/aromatic N) is 1. The molecule has 0 fully saturated rings. The number of likely N-dealkylation sites (N-methyl/N-ethyl adjacent to an activating group) is 1. The van der Waals surface area contributed by atoms with Crippen LogP contribution in [0.5, 0.6) is 11.5 Å². The Kier molecular flexibility index (Phi) is 6.33. The van der Waals surface area contributed by atoms with Gasteiger partial charge in [0.25, 0.3) is 5.91 Å². The number of methoxy groups -OCH3 is 1. The monoisotopic (exact) mass is 375 g/mol. The van der Waals surface area contributed by atoms with Crippen LogP contribution >= 0.6 is 0 Å². The summed E-state index contributed by atoms with van der Waals surface area (Å²) in [6.45, 7) is 4.65. The van der Waals surface area contributed by atoms with Crippen LogP contribution in [0.2, 0.25) is 0 Å². The molecule has 144 valence electrons. The molecule has 0 saturated heterocycles. The number of rotatable bonds is 8. The van der Waals surface area contributed by atoms with E-state index in [9.17, 15) is 4.79 Å². The molecule has 0 radical (unpaired) electrons. The van der Waals surface area contributed by atoms with E-state index in [0.717, 1.165) is 6.42 Å². The molecule has 0 aliphatic heterocycles. The number of benzene rings is 3. The van der Waals surface area contributed by atoms with Crippen molar-refractivity contribution in [2.24, 2.45) is 0 Å². The molecule has 4 nitrogen and oxygen atoms in total. The normalized spacial score (nSPS) is 10.5. The van der Waals surface area contributed by atoms with Gasteiger partial charge in [-0.15, -0.1) is 0 Å². The first-order chi connectivity index (χ1) is 13.6. The van der Waals surface area contributed by atoms with Crippen molar-refractivity contribution in [1.29, 1.82) is 0 Å². The topological polar surface area (TPSA) is 38.8 Å². The van der Waals surface area contributed by atoms with Gasteiger partial charge in [-0.1, -0.05) is 55.1 Å². The van der Waals surface area contributed by atoms with Gasteiger partial charge in [0.05, 0.1) is 7.11 Å². The average Bonchev–Trinajstić information content (AvgIpc) is 2.75. The Morgan fingerprint density at radius 3 is 2.64 bits per heavy atom. The second-order valence-electron chi connectivity index (χ2n) is 6.58. The van der Waals surface area contributed by atoms with Crippen molar-refractivity contribution < 1.29 is 14.3 Å². The van der Waals surface area contributed by atoms with Crippen molar-refractivity contribution in [3.8, 4) is 11.5 Å². The highest BCUT2D eigenvalue weighted by Crippen LogP contribution is 2.28. The third kappa shape index (κ3) is 4.34. The maximum absolute atomic E-state index is 12.8. The number of hydrogen-bond donors (Lipinski definition) is 0. The first-order valence-corrected chi connectivity index (χ1v) is 9.28. The number of carbonyl (C=O) groups is 1. The maximum atomic E-state index is 12.8. The van der Waals surface area contributed by atoms with Gasteiger partial charge in [-0.25, -0.2) is 0 Å². The SMILES string of the molecule is C=CCOc1ccc(C(=O)N(C)CCc2cccc3ccccc23)cc1OC. The molecule has 3 aromatic carbocycles.